The molecule has 0 bridgehead atoms. The molecule has 2 heteroatoms. The second kappa shape index (κ2) is 6.14. The van der Waals surface area contributed by atoms with Crippen LogP contribution in [0.5, 0.6) is 0 Å². The number of Topliss-reactive ketones (excluding diaryl/α,β-unsaturated/α-hetero) is 1. The molecule has 0 saturated heterocycles. The van der Waals surface area contributed by atoms with E-state index in [4.69, 9.17) is 0 Å². The van der Waals surface area contributed by atoms with E-state index in [-0.39, 0.29) is 17.6 Å². The maximum Gasteiger partial charge on any atom is 0.141 e. The van der Waals surface area contributed by atoms with Crippen LogP contribution in [-0.4, -0.2) is 10.9 Å². The standard InChI is InChI=1S/C16H22O2/c1-12(15(17)13-8-4-2-5-9-13)16(18)14-10-6-3-7-11-14/h2,4-5,8-9,12,14-15,17H,3,6-7,10-11H2,1H3. The van der Waals surface area contributed by atoms with Gasteiger partial charge in [0.25, 0.3) is 0 Å². The van der Waals surface area contributed by atoms with Crippen molar-refractivity contribution >= 4 is 5.78 Å². The molecule has 18 heavy (non-hydrogen) atoms. The summed E-state index contributed by atoms with van der Waals surface area (Å²) < 4.78 is 0. The Labute approximate surface area is 109 Å². The van der Waals surface area contributed by atoms with Gasteiger partial charge in [-0.05, 0) is 18.4 Å². The summed E-state index contributed by atoms with van der Waals surface area (Å²) in [5.74, 6) is 0.119. The minimum Gasteiger partial charge on any atom is -0.388 e. The first-order valence-corrected chi connectivity index (χ1v) is 6.97. The van der Waals surface area contributed by atoms with Crippen LogP contribution >= 0.6 is 0 Å². The van der Waals surface area contributed by atoms with Gasteiger partial charge in [-0.3, -0.25) is 4.79 Å². The zero-order valence-corrected chi connectivity index (χ0v) is 11.0. The highest BCUT2D eigenvalue weighted by molar-refractivity contribution is 5.83. The van der Waals surface area contributed by atoms with Gasteiger partial charge in [0.05, 0.1) is 6.10 Å². The Balaban J connectivity index is 2.01. The molecule has 0 amide bonds. The SMILES string of the molecule is CC(C(=O)C1CCCCC1)C(O)c1ccccc1. The van der Waals surface area contributed by atoms with Crippen LogP contribution in [0.4, 0.5) is 0 Å². The number of aliphatic hydroxyl groups excluding tert-OH is 1. The zero-order valence-electron chi connectivity index (χ0n) is 11.0. The molecule has 2 unspecified atom stereocenters. The minimum absolute atomic E-state index is 0.173. The van der Waals surface area contributed by atoms with Crippen LogP contribution < -0.4 is 0 Å². The van der Waals surface area contributed by atoms with Crippen molar-refractivity contribution in [1.82, 2.24) is 0 Å². The van der Waals surface area contributed by atoms with Crippen molar-refractivity contribution in [2.45, 2.75) is 45.1 Å². The third-order valence-electron chi connectivity index (χ3n) is 4.07. The van der Waals surface area contributed by atoms with E-state index in [9.17, 15) is 9.90 Å². The molecule has 1 saturated carbocycles. The van der Waals surface area contributed by atoms with E-state index in [1.54, 1.807) is 0 Å². The summed E-state index contributed by atoms with van der Waals surface area (Å²) in [5.41, 5.74) is 0.842. The molecule has 0 aromatic heterocycles. The van der Waals surface area contributed by atoms with Gasteiger partial charge in [-0.15, -0.1) is 0 Å². The smallest absolute Gasteiger partial charge is 0.141 e. The Morgan fingerprint density at radius 3 is 2.39 bits per heavy atom. The van der Waals surface area contributed by atoms with Gasteiger partial charge in [0, 0.05) is 11.8 Å². The molecule has 98 valence electrons. The van der Waals surface area contributed by atoms with Crippen LogP contribution in [0.1, 0.15) is 50.7 Å². The number of hydrogen-bond acceptors (Lipinski definition) is 2. The summed E-state index contributed by atoms with van der Waals surface area (Å²) in [6, 6.07) is 9.49. The number of ketones is 1. The summed E-state index contributed by atoms with van der Waals surface area (Å²) in [4.78, 5) is 12.4. The first-order valence-electron chi connectivity index (χ1n) is 6.97. The van der Waals surface area contributed by atoms with Crippen LogP contribution in [-0.2, 0) is 4.79 Å². The van der Waals surface area contributed by atoms with Gasteiger partial charge in [-0.1, -0.05) is 56.5 Å². The number of hydrogen-bond donors (Lipinski definition) is 1. The van der Waals surface area contributed by atoms with Crippen LogP contribution in [0, 0.1) is 11.8 Å². The van der Waals surface area contributed by atoms with E-state index in [0.717, 1.165) is 31.2 Å². The summed E-state index contributed by atoms with van der Waals surface area (Å²) in [6.07, 6.45) is 4.91. The molecule has 1 aromatic rings. The molecule has 1 aliphatic rings. The van der Waals surface area contributed by atoms with Gasteiger partial charge in [-0.25, -0.2) is 0 Å². The van der Waals surface area contributed by atoms with Gasteiger partial charge in [0.2, 0.25) is 0 Å². The van der Waals surface area contributed by atoms with Crippen molar-refractivity contribution in [3.05, 3.63) is 35.9 Å². The second-order valence-electron chi connectivity index (χ2n) is 5.38. The minimum atomic E-state index is -0.666. The number of rotatable bonds is 4. The Bertz CT molecular complexity index is 379. The highest BCUT2D eigenvalue weighted by atomic mass is 16.3. The van der Waals surface area contributed by atoms with Crippen LogP contribution in [0.15, 0.2) is 30.3 Å². The van der Waals surface area contributed by atoms with E-state index in [2.05, 4.69) is 0 Å². The second-order valence-corrected chi connectivity index (χ2v) is 5.38. The number of benzene rings is 1. The van der Waals surface area contributed by atoms with Gasteiger partial charge >= 0.3 is 0 Å². The molecular formula is C16H22O2. The maximum atomic E-state index is 12.4. The molecule has 2 rings (SSSR count). The third-order valence-corrected chi connectivity index (χ3v) is 4.07. The Morgan fingerprint density at radius 1 is 1.17 bits per heavy atom. The predicted molar refractivity (Wildman–Crippen MR) is 72.1 cm³/mol. The molecule has 1 fully saturated rings. The van der Waals surface area contributed by atoms with Gasteiger partial charge in [0.1, 0.15) is 5.78 Å². The van der Waals surface area contributed by atoms with E-state index in [0.29, 0.717) is 0 Å². The monoisotopic (exact) mass is 246 g/mol. The predicted octanol–water partition coefficient (Wildman–Crippen LogP) is 3.51. The highest BCUT2D eigenvalue weighted by Gasteiger charge is 2.30. The lowest BCUT2D eigenvalue weighted by atomic mass is 9.79. The van der Waals surface area contributed by atoms with Crippen molar-refractivity contribution < 1.29 is 9.90 Å². The molecule has 2 nitrogen and oxygen atoms in total. The molecule has 0 spiro atoms. The highest BCUT2D eigenvalue weighted by Crippen LogP contribution is 2.31. The maximum absolute atomic E-state index is 12.4. The summed E-state index contributed by atoms with van der Waals surface area (Å²) in [6.45, 7) is 1.86. The van der Waals surface area contributed by atoms with E-state index < -0.39 is 6.10 Å². The van der Waals surface area contributed by atoms with Crippen LogP contribution in [0.2, 0.25) is 0 Å². The summed E-state index contributed by atoms with van der Waals surface area (Å²) >= 11 is 0. The van der Waals surface area contributed by atoms with E-state index in [1.807, 2.05) is 37.3 Å². The first kappa shape index (κ1) is 13.3. The number of carbonyl (C=O) groups excluding carboxylic acids is 1. The Kier molecular flexibility index (Phi) is 4.54. The molecule has 2 atom stereocenters. The average molecular weight is 246 g/mol. The third kappa shape index (κ3) is 2.99. The van der Waals surface area contributed by atoms with Gasteiger partial charge in [-0.2, -0.15) is 0 Å². The molecule has 0 heterocycles. The fourth-order valence-electron chi connectivity index (χ4n) is 2.85. The van der Waals surface area contributed by atoms with E-state index >= 15 is 0 Å². The van der Waals surface area contributed by atoms with E-state index in [1.165, 1.54) is 6.42 Å². The lowest BCUT2D eigenvalue weighted by molar-refractivity contribution is -0.130. The molecule has 1 aliphatic carbocycles. The molecule has 1 N–H and O–H groups in total. The van der Waals surface area contributed by atoms with Crippen molar-refractivity contribution in [2.75, 3.05) is 0 Å². The number of aliphatic hydroxyl groups is 1. The van der Waals surface area contributed by atoms with Gasteiger partial charge in [0.15, 0.2) is 0 Å². The normalized spacial score (nSPS) is 20.3. The fourth-order valence-corrected chi connectivity index (χ4v) is 2.85. The molecular weight excluding hydrogens is 224 g/mol. The fraction of sp³-hybridized carbons (Fsp3) is 0.562. The quantitative estimate of drug-likeness (QED) is 0.882. The largest absolute Gasteiger partial charge is 0.388 e. The lowest BCUT2D eigenvalue weighted by Gasteiger charge is -2.26. The first-order chi connectivity index (χ1) is 8.70. The molecule has 0 aliphatic heterocycles. The van der Waals surface area contributed by atoms with Crippen LogP contribution in [0.3, 0.4) is 0 Å². The van der Waals surface area contributed by atoms with Crippen molar-refractivity contribution in [3.8, 4) is 0 Å². The number of carbonyl (C=O) groups is 1. The van der Waals surface area contributed by atoms with Crippen LogP contribution in [0.25, 0.3) is 0 Å². The summed E-state index contributed by atoms with van der Waals surface area (Å²) in [7, 11) is 0. The topological polar surface area (TPSA) is 37.3 Å². The van der Waals surface area contributed by atoms with Crippen molar-refractivity contribution in [2.24, 2.45) is 11.8 Å². The Morgan fingerprint density at radius 2 is 1.78 bits per heavy atom. The lowest BCUT2D eigenvalue weighted by Crippen LogP contribution is -2.27. The van der Waals surface area contributed by atoms with Crippen molar-refractivity contribution in [1.29, 1.82) is 0 Å². The average Bonchev–Trinajstić information content (AvgIpc) is 2.47. The van der Waals surface area contributed by atoms with Crippen molar-refractivity contribution in [3.63, 3.8) is 0 Å². The molecule has 1 aromatic carbocycles. The molecule has 0 radical (unpaired) electrons. The van der Waals surface area contributed by atoms with Gasteiger partial charge < -0.3 is 5.11 Å². The summed E-state index contributed by atoms with van der Waals surface area (Å²) in [5, 5.41) is 10.3. The zero-order chi connectivity index (χ0) is 13.0. The Hall–Kier alpha value is -1.15.